The Morgan fingerprint density at radius 3 is 2.65 bits per heavy atom. The molecule has 4 aromatic rings. The van der Waals surface area contributed by atoms with Gasteiger partial charge in [0.2, 0.25) is 5.91 Å². The van der Waals surface area contributed by atoms with Crippen LogP contribution in [-0.4, -0.2) is 26.2 Å². The monoisotopic (exact) mass is 500 g/mol. The van der Waals surface area contributed by atoms with Crippen molar-refractivity contribution in [3.05, 3.63) is 111 Å². The maximum Gasteiger partial charge on any atom is 0.261 e. The molecule has 0 saturated heterocycles. The molecular formula is C28H22F2N4O3. The number of pyridine rings is 1. The predicted molar refractivity (Wildman–Crippen MR) is 133 cm³/mol. The zero-order valence-electron chi connectivity index (χ0n) is 19.7. The molecule has 0 radical (unpaired) electrons. The fourth-order valence-corrected chi connectivity index (χ4v) is 4.41. The number of benzene rings is 2. The summed E-state index contributed by atoms with van der Waals surface area (Å²) in [7, 11) is 0. The van der Waals surface area contributed by atoms with Crippen molar-refractivity contribution in [1.82, 2.24) is 14.5 Å². The van der Waals surface area contributed by atoms with Crippen LogP contribution in [0, 0.1) is 11.6 Å². The Morgan fingerprint density at radius 2 is 1.81 bits per heavy atom. The van der Waals surface area contributed by atoms with Crippen LogP contribution in [0.3, 0.4) is 0 Å². The average molecular weight is 501 g/mol. The second-order valence-corrected chi connectivity index (χ2v) is 8.82. The normalized spacial score (nSPS) is 12.6. The lowest BCUT2D eigenvalue weighted by molar-refractivity contribution is -0.116. The molecule has 0 spiro atoms. The van der Waals surface area contributed by atoms with Crippen LogP contribution >= 0.6 is 0 Å². The van der Waals surface area contributed by atoms with E-state index >= 15 is 0 Å². The van der Waals surface area contributed by atoms with Gasteiger partial charge in [-0.15, -0.1) is 0 Å². The highest BCUT2D eigenvalue weighted by Crippen LogP contribution is 2.30. The quantitative estimate of drug-likeness (QED) is 0.381. The Morgan fingerprint density at radius 1 is 0.946 bits per heavy atom. The van der Waals surface area contributed by atoms with Crippen molar-refractivity contribution in [2.45, 2.75) is 32.2 Å². The van der Waals surface area contributed by atoms with E-state index in [-0.39, 0.29) is 30.2 Å². The van der Waals surface area contributed by atoms with E-state index in [4.69, 9.17) is 0 Å². The molecule has 37 heavy (non-hydrogen) atoms. The zero-order chi connectivity index (χ0) is 25.9. The summed E-state index contributed by atoms with van der Waals surface area (Å²) in [5, 5.41) is 2.77. The first-order valence-electron chi connectivity index (χ1n) is 11.8. The second-order valence-electron chi connectivity index (χ2n) is 8.82. The zero-order valence-corrected chi connectivity index (χ0v) is 19.7. The lowest BCUT2D eigenvalue weighted by atomic mass is 9.97. The van der Waals surface area contributed by atoms with Crippen molar-refractivity contribution in [2.75, 3.05) is 5.32 Å². The van der Waals surface area contributed by atoms with E-state index in [1.165, 1.54) is 29.2 Å². The largest absolute Gasteiger partial charge is 0.310 e. The van der Waals surface area contributed by atoms with Gasteiger partial charge in [-0.05, 0) is 54.3 Å². The number of ketones is 1. The van der Waals surface area contributed by atoms with Gasteiger partial charge in [0.05, 0.1) is 17.8 Å². The summed E-state index contributed by atoms with van der Waals surface area (Å²) in [6.07, 6.45) is 4.36. The van der Waals surface area contributed by atoms with Crippen LogP contribution in [0.2, 0.25) is 0 Å². The number of amides is 1. The molecule has 3 heterocycles. The lowest BCUT2D eigenvalue weighted by Crippen LogP contribution is -2.26. The van der Waals surface area contributed by atoms with Gasteiger partial charge in [-0.3, -0.25) is 14.4 Å². The van der Waals surface area contributed by atoms with Crippen molar-refractivity contribution in [1.29, 1.82) is 0 Å². The highest BCUT2D eigenvalue weighted by molar-refractivity contribution is 5.96. The number of aryl methyl sites for hydroxylation is 1. The lowest BCUT2D eigenvalue weighted by Gasteiger charge is -2.18. The van der Waals surface area contributed by atoms with Gasteiger partial charge >= 0.3 is 0 Å². The molecule has 5 rings (SSSR count). The third kappa shape index (κ3) is 5.20. The van der Waals surface area contributed by atoms with Crippen LogP contribution in [0.4, 0.5) is 14.6 Å². The topological polar surface area (TPSA) is 93.9 Å². The number of carbonyl (C=O) groups is 2. The summed E-state index contributed by atoms with van der Waals surface area (Å²) in [6, 6.07) is 14.1. The van der Waals surface area contributed by atoms with E-state index in [1.807, 2.05) is 24.3 Å². The van der Waals surface area contributed by atoms with Crippen LogP contribution in [-0.2, 0) is 24.2 Å². The highest BCUT2D eigenvalue weighted by Gasteiger charge is 2.21. The molecule has 1 aliphatic rings. The number of Topliss-reactive ketones (excluding diaryl/α,β-unsaturated/α-hetero) is 1. The van der Waals surface area contributed by atoms with Crippen LogP contribution < -0.4 is 10.9 Å². The number of nitrogens with one attached hydrogen (secondary N) is 1. The molecule has 0 unspecified atom stereocenters. The van der Waals surface area contributed by atoms with E-state index in [2.05, 4.69) is 15.3 Å². The van der Waals surface area contributed by atoms with Crippen LogP contribution in [0.15, 0.2) is 71.9 Å². The molecular weight excluding hydrogens is 478 g/mol. The van der Waals surface area contributed by atoms with Gasteiger partial charge in [0.1, 0.15) is 12.1 Å². The number of carbonyl (C=O) groups excluding carboxylic acids is 2. The Kier molecular flexibility index (Phi) is 6.68. The fourth-order valence-electron chi connectivity index (χ4n) is 4.41. The third-order valence-electron chi connectivity index (χ3n) is 6.30. The fraction of sp³-hybridized carbons (Fsp3) is 0.179. The SMILES string of the molecule is O=C1CCc2c(ncnc2-c2cccc(CCC(=O)c3cccn(Cc4ccc(F)c(F)c4)c3=O)c2)N1. The molecule has 7 nitrogen and oxygen atoms in total. The summed E-state index contributed by atoms with van der Waals surface area (Å²) in [5.41, 5.74) is 3.34. The number of halogens is 2. The summed E-state index contributed by atoms with van der Waals surface area (Å²) in [6.45, 7) is 0.0168. The number of rotatable bonds is 7. The molecule has 1 aliphatic heterocycles. The smallest absolute Gasteiger partial charge is 0.261 e. The summed E-state index contributed by atoms with van der Waals surface area (Å²) in [5.74, 6) is -1.82. The third-order valence-corrected chi connectivity index (χ3v) is 6.30. The van der Waals surface area contributed by atoms with Gasteiger partial charge in [0.25, 0.3) is 5.56 Å². The van der Waals surface area contributed by atoms with Crippen LogP contribution in [0.25, 0.3) is 11.3 Å². The molecule has 0 fully saturated rings. The van der Waals surface area contributed by atoms with Crippen molar-refractivity contribution in [3.8, 4) is 11.3 Å². The van der Waals surface area contributed by atoms with Crippen molar-refractivity contribution < 1.29 is 18.4 Å². The standard InChI is InChI=1S/C28H22F2N4O3/c29-22-9-6-18(14-23(22)30)15-34-12-2-5-20(28(34)37)24(35)10-7-17-3-1-4-19(13-17)26-21-8-11-25(36)33-27(21)32-16-31-26/h1-6,9,12-14,16H,7-8,10-11,15H2,(H,31,32,33,36). The number of anilines is 1. The Labute approximate surface area is 210 Å². The van der Waals surface area contributed by atoms with Crippen molar-refractivity contribution in [3.63, 3.8) is 0 Å². The van der Waals surface area contributed by atoms with Gasteiger partial charge in [-0.2, -0.15) is 0 Å². The highest BCUT2D eigenvalue weighted by atomic mass is 19.2. The minimum Gasteiger partial charge on any atom is -0.310 e. The number of nitrogens with zero attached hydrogens (tertiary/aromatic N) is 3. The molecule has 186 valence electrons. The van der Waals surface area contributed by atoms with Gasteiger partial charge in [-0.1, -0.05) is 24.3 Å². The molecule has 2 aromatic carbocycles. The number of hydrogen-bond acceptors (Lipinski definition) is 5. The van der Waals surface area contributed by atoms with Crippen molar-refractivity contribution in [2.24, 2.45) is 0 Å². The van der Waals surface area contributed by atoms with E-state index in [1.54, 1.807) is 6.07 Å². The molecule has 1 N–H and O–H groups in total. The van der Waals surface area contributed by atoms with Gasteiger partial charge in [0.15, 0.2) is 17.4 Å². The molecule has 9 heteroatoms. The van der Waals surface area contributed by atoms with Crippen molar-refractivity contribution >= 4 is 17.5 Å². The van der Waals surface area contributed by atoms with Gasteiger partial charge in [-0.25, -0.2) is 18.7 Å². The maximum absolute atomic E-state index is 13.5. The number of aromatic nitrogens is 3. The molecule has 0 aliphatic carbocycles. The number of hydrogen-bond donors (Lipinski definition) is 1. The minimum absolute atomic E-state index is 0.0168. The Bertz CT molecular complexity index is 1580. The summed E-state index contributed by atoms with van der Waals surface area (Å²) < 4.78 is 28.1. The van der Waals surface area contributed by atoms with E-state index < -0.39 is 17.2 Å². The average Bonchev–Trinajstić information content (AvgIpc) is 2.90. The number of fused-ring (bicyclic) bond motifs is 1. The van der Waals surface area contributed by atoms with Crippen LogP contribution in [0.1, 0.15) is 39.9 Å². The first-order chi connectivity index (χ1) is 17.9. The predicted octanol–water partition coefficient (Wildman–Crippen LogP) is 4.33. The molecule has 1 amide bonds. The molecule has 0 saturated carbocycles. The first kappa shape index (κ1) is 24.2. The summed E-state index contributed by atoms with van der Waals surface area (Å²) >= 11 is 0. The minimum atomic E-state index is -0.993. The molecule has 0 bridgehead atoms. The van der Waals surface area contributed by atoms with Gasteiger partial charge in [0, 0.05) is 30.2 Å². The van der Waals surface area contributed by atoms with E-state index in [9.17, 15) is 23.2 Å². The second kappa shape index (κ2) is 10.2. The van der Waals surface area contributed by atoms with E-state index in [0.29, 0.717) is 30.6 Å². The first-order valence-corrected chi connectivity index (χ1v) is 11.8. The van der Waals surface area contributed by atoms with E-state index in [0.717, 1.165) is 34.5 Å². The Hall–Kier alpha value is -4.53. The summed E-state index contributed by atoms with van der Waals surface area (Å²) in [4.78, 5) is 46.1. The van der Waals surface area contributed by atoms with Gasteiger partial charge < -0.3 is 9.88 Å². The molecule has 0 atom stereocenters. The maximum atomic E-state index is 13.5. The van der Waals surface area contributed by atoms with Crippen LogP contribution in [0.5, 0.6) is 0 Å². The molecule has 2 aromatic heterocycles. The Balaban J connectivity index is 1.31.